The number of hydrogen-bond donors (Lipinski definition) is 2. The van der Waals surface area contributed by atoms with Crippen molar-refractivity contribution >= 4 is 11.9 Å². The van der Waals surface area contributed by atoms with Gasteiger partial charge in [-0.15, -0.1) is 6.58 Å². The third kappa shape index (κ3) is 5.24. The maximum absolute atomic E-state index is 12.2. The fraction of sp³-hybridized carbons (Fsp3) is 0.412. The van der Waals surface area contributed by atoms with Gasteiger partial charge >= 0.3 is 0 Å². The minimum absolute atomic E-state index is 0.0768. The van der Waals surface area contributed by atoms with E-state index >= 15 is 0 Å². The Morgan fingerprint density at radius 1 is 1.23 bits per heavy atom. The van der Waals surface area contributed by atoms with Crippen LogP contribution in [-0.2, 0) is 6.54 Å². The summed E-state index contributed by atoms with van der Waals surface area (Å²) in [5.74, 6) is 0.802. The number of nitrogens with zero attached hydrogens (tertiary/aromatic N) is 2. The van der Waals surface area contributed by atoms with E-state index in [2.05, 4.69) is 22.2 Å². The molecule has 0 aromatic heterocycles. The lowest BCUT2D eigenvalue weighted by Gasteiger charge is -2.18. The SMILES string of the molecule is C=CCNC(=NC)NCc1ccc(C(=O)N(CC)CC)cc1. The summed E-state index contributed by atoms with van der Waals surface area (Å²) in [6.45, 7) is 10.4. The molecule has 0 fully saturated rings. The third-order valence-electron chi connectivity index (χ3n) is 3.35. The van der Waals surface area contributed by atoms with Crippen LogP contribution in [0.15, 0.2) is 41.9 Å². The number of carbonyl (C=O) groups is 1. The zero-order chi connectivity index (χ0) is 16.4. The van der Waals surface area contributed by atoms with Crippen molar-refractivity contribution in [1.82, 2.24) is 15.5 Å². The smallest absolute Gasteiger partial charge is 0.253 e. The van der Waals surface area contributed by atoms with E-state index in [4.69, 9.17) is 0 Å². The molecular formula is C17H26N4O. The molecule has 5 nitrogen and oxygen atoms in total. The van der Waals surface area contributed by atoms with E-state index in [-0.39, 0.29) is 5.91 Å². The largest absolute Gasteiger partial charge is 0.353 e. The predicted molar refractivity (Wildman–Crippen MR) is 92.1 cm³/mol. The summed E-state index contributed by atoms with van der Waals surface area (Å²) in [6.07, 6.45) is 1.78. The molecule has 0 aliphatic carbocycles. The van der Waals surface area contributed by atoms with Gasteiger partial charge < -0.3 is 15.5 Å². The van der Waals surface area contributed by atoms with Crippen molar-refractivity contribution < 1.29 is 4.79 Å². The summed E-state index contributed by atoms with van der Waals surface area (Å²) in [5.41, 5.74) is 1.82. The summed E-state index contributed by atoms with van der Waals surface area (Å²) >= 11 is 0. The third-order valence-corrected chi connectivity index (χ3v) is 3.35. The van der Waals surface area contributed by atoms with Crippen LogP contribution < -0.4 is 10.6 Å². The molecule has 22 heavy (non-hydrogen) atoms. The number of aliphatic imine (C=N–C) groups is 1. The molecule has 0 unspecified atom stereocenters. The molecule has 0 saturated heterocycles. The number of amides is 1. The topological polar surface area (TPSA) is 56.7 Å². The van der Waals surface area contributed by atoms with E-state index in [1.165, 1.54) is 0 Å². The van der Waals surface area contributed by atoms with Crippen molar-refractivity contribution in [2.24, 2.45) is 4.99 Å². The van der Waals surface area contributed by atoms with Crippen LogP contribution in [0.1, 0.15) is 29.8 Å². The summed E-state index contributed by atoms with van der Waals surface area (Å²) in [6, 6.07) is 7.67. The normalized spacial score (nSPS) is 11.0. The Kier molecular flexibility index (Phi) is 7.75. The minimum atomic E-state index is 0.0768. The highest BCUT2D eigenvalue weighted by Gasteiger charge is 2.11. The lowest BCUT2D eigenvalue weighted by molar-refractivity contribution is 0.0773. The van der Waals surface area contributed by atoms with E-state index in [9.17, 15) is 4.79 Å². The van der Waals surface area contributed by atoms with E-state index in [0.29, 0.717) is 13.1 Å². The van der Waals surface area contributed by atoms with Gasteiger partial charge in [0.05, 0.1) is 0 Å². The highest BCUT2D eigenvalue weighted by atomic mass is 16.2. The van der Waals surface area contributed by atoms with Gasteiger partial charge in [0.25, 0.3) is 5.91 Å². The highest BCUT2D eigenvalue weighted by molar-refractivity contribution is 5.94. The fourth-order valence-electron chi connectivity index (χ4n) is 2.03. The Morgan fingerprint density at radius 3 is 2.36 bits per heavy atom. The van der Waals surface area contributed by atoms with Crippen molar-refractivity contribution in [1.29, 1.82) is 0 Å². The van der Waals surface area contributed by atoms with E-state index in [1.54, 1.807) is 13.1 Å². The summed E-state index contributed by atoms with van der Waals surface area (Å²) in [7, 11) is 1.73. The number of carbonyl (C=O) groups excluding carboxylic acids is 1. The molecule has 0 atom stereocenters. The Bertz CT molecular complexity index is 504. The lowest BCUT2D eigenvalue weighted by atomic mass is 10.1. The van der Waals surface area contributed by atoms with Gasteiger partial charge in [-0.3, -0.25) is 9.79 Å². The molecule has 0 aliphatic heterocycles. The molecule has 2 N–H and O–H groups in total. The van der Waals surface area contributed by atoms with Gasteiger partial charge in [-0.2, -0.15) is 0 Å². The van der Waals surface area contributed by atoms with Crippen LogP contribution >= 0.6 is 0 Å². The zero-order valence-corrected chi connectivity index (χ0v) is 13.7. The molecule has 1 rings (SSSR count). The maximum Gasteiger partial charge on any atom is 0.253 e. The van der Waals surface area contributed by atoms with Crippen molar-refractivity contribution in [2.75, 3.05) is 26.7 Å². The second-order valence-corrected chi connectivity index (χ2v) is 4.77. The molecule has 0 heterocycles. The summed E-state index contributed by atoms with van der Waals surface area (Å²) in [4.78, 5) is 18.2. The van der Waals surface area contributed by atoms with E-state index in [0.717, 1.165) is 30.2 Å². The van der Waals surface area contributed by atoms with Crippen LogP contribution in [0, 0.1) is 0 Å². The average molecular weight is 302 g/mol. The van der Waals surface area contributed by atoms with E-state index < -0.39 is 0 Å². The van der Waals surface area contributed by atoms with Gasteiger partial charge in [-0.1, -0.05) is 18.2 Å². The number of guanidine groups is 1. The number of benzene rings is 1. The molecule has 1 amide bonds. The molecule has 0 bridgehead atoms. The monoisotopic (exact) mass is 302 g/mol. The average Bonchev–Trinajstić information content (AvgIpc) is 2.56. The molecule has 120 valence electrons. The van der Waals surface area contributed by atoms with Gasteiger partial charge in [0.15, 0.2) is 5.96 Å². The van der Waals surface area contributed by atoms with Gasteiger partial charge in [0.2, 0.25) is 0 Å². The van der Waals surface area contributed by atoms with Gasteiger partial charge in [0.1, 0.15) is 0 Å². The lowest BCUT2D eigenvalue weighted by Crippen LogP contribution is -2.36. The first kappa shape index (κ1) is 17.8. The van der Waals surface area contributed by atoms with Crippen LogP contribution in [0.2, 0.25) is 0 Å². The molecule has 0 aliphatic rings. The van der Waals surface area contributed by atoms with Crippen molar-refractivity contribution in [3.05, 3.63) is 48.0 Å². The first-order valence-electron chi connectivity index (χ1n) is 7.59. The number of hydrogen-bond acceptors (Lipinski definition) is 2. The van der Waals surface area contributed by atoms with Crippen LogP contribution in [0.5, 0.6) is 0 Å². The Morgan fingerprint density at radius 2 is 1.86 bits per heavy atom. The maximum atomic E-state index is 12.2. The molecule has 5 heteroatoms. The zero-order valence-electron chi connectivity index (χ0n) is 13.7. The highest BCUT2D eigenvalue weighted by Crippen LogP contribution is 2.07. The number of nitrogens with one attached hydrogen (secondary N) is 2. The molecular weight excluding hydrogens is 276 g/mol. The van der Waals surface area contributed by atoms with Crippen molar-refractivity contribution in [3.8, 4) is 0 Å². The molecule has 0 saturated carbocycles. The first-order chi connectivity index (χ1) is 10.7. The molecule has 1 aromatic rings. The van der Waals surface area contributed by atoms with Crippen LogP contribution in [0.3, 0.4) is 0 Å². The predicted octanol–water partition coefficient (Wildman–Crippen LogP) is 2.02. The van der Waals surface area contributed by atoms with Gasteiger partial charge in [-0.05, 0) is 31.5 Å². The van der Waals surface area contributed by atoms with Crippen molar-refractivity contribution in [3.63, 3.8) is 0 Å². The molecule has 0 radical (unpaired) electrons. The Balaban J connectivity index is 2.61. The first-order valence-corrected chi connectivity index (χ1v) is 7.59. The minimum Gasteiger partial charge on any atom is -0.353 e. The van der Waals surface area contributed by atoms with Crippen LogP contribution in [-0.4, -0.2) is 43.4 Å². The van der Waals surface area contributed by atoms with Crippen molar-refractivity contribution in [2.45, 2.75) is 20.4 Å². The quantitative estimate of drug-likeness (QED) is 0.460. The van der Waals surface area contributed by atoms with E-state index in [1.807, 2.05) is 43.0 Å². The van der Waals surface area contributed by atoms with Crippen LogP contribution in [0.25, 0.3) is 0 Å². The van der Waals surface area contributed by atoms with Crippen LogP contribution in [0.4, 0.5) is 0 Å². The fourth-order valence-corrected chi connectivity index (χ4v) is 2.03. The summed E-state index contributed by atoms with van der Waals surface area (Å²) < 4.78 is 0. The van der Waals surface area contributed by atoms with Gasteiger partial charge in [0, 0.05) is 38.8 Å². The summed E-state index contributed by atoms with van der Waals surface area (Å²) in [5, 5.41) is 6.32. The number of rotatable bonds is 7. The second kappa shape index (κ2) is 9.60. The van der Waals surface area contributed by atoms with Gasteiger partial charge in [-0.25, -0.2) is 0 Å². The molecule has 1 aromatic carbocycles. The second-order valence-electron chi connectivity index (χ2n) is 4.77. The standard InChI is InChI=1S/C17H26N4O/c1-5-12-19-17(18-4)20-13-14-8-10-15(11-9-14)16(22)21(6-2)7-3/h5,8-11H,1,6-7,12-13H2,2-4H3,(H2,18,19,20). The Labute approximate surface area is 133 Å². The molecule has 0 spiro atoms. The Hall–Kier alpha value is -2.30.